The van der Waals surface area contributed by atoms with Gasteiger partial charge in [-0.05, 0) is 25.9 Å². The van der Waals surface area contributed by atoms with Gasteiger partial charge in [-0.3, -0.25) is 0 Å². The summed E-state index contributed by atoms with van der Waals surface area (Å²) in [6.07, 6.45) is 15.3. The van der Waals surface area contributed by atoms with Gasteiger partial charge < -0.3 is 5.32 Å². The van der Waals surface area contributed by atoms with Crippen molar-refractivity contribution in [1.29, 1.82) is 0 Å². The Kier molecular flexibility index (Phi) is 16.5. The monoisotopic (exact) mass is 261 g/mol. The molecule has 0 bridgehead atoms. The highest BCUT2D eigenvalue weighted by Crippen LogP contribution is 2.10. The van der Waals surface area contributed by atoms with Crippen LogP contribution in [0.1, 0.15) is 77.6 Å². The molecule has 0 radical (unpaired) electrons. The van der Waals surface area contributed by atoms with Gasteiger partial charge in [0.05, 0.1) is 0 Å². The lowest BCUT2D eigenvalue weighted by Crippen LogP contribution is -2.16. The van der Waals surface area contributed by atoms with Crippen LogP contribution in [-0.2, 0) is 0 Å². The quantitative estimate of drug-likeness (QED) is 0.338. The van der Waals surface area contributed by atoms with Gasteiger partial charge in [0.15, 0.2) is 0 Å². The number of hydrogen-bond donors (Lipinski definition) is 1. The molecule has 2 heteroatoms. The van der Waals surface area contributed by atoms with Gasteiger partial charge in [-0.2, -0.15) is 0 Å². The van der Waals surface area contributed by atoms with E-state index in [2.05, 4.69) is 12.2 Å². The molecule has 0 saturated heterocycles. The normalized spacial score (nSPS) is 10.9. The molecular formula is C15H32ClN. The van der Waals surface area contributed by atoms with E-state index < -0.39 is 0 Å². The summed E-state index contributed by atoms with van der Waals surface area (Å²) in [5.41, 5.74) is 0. The second kappa shape index (κ2) is 16.2. The summed E-state index contributed by atoms with van der Waals surface area (Å²) in [5.74, 6) is 0.783. The maximum atomic E-state index is 5.60. The van der Waals surface area contributed by atoms with Crippen molar-refractivity contribution in [2.75, 3.05) is 19.0 Å². The molecule has 1 N–H and O–H groups in total. The Morgan fingerprint density at radius 1 is 0.647 bits per heavy atom. The third kappa shape index (κ3) is 16.2. The lowest BCUT2D eigenvalue weighted by atomic mass is 10.1. The van der Waals surface area contributed by atoms with Crippen LogP contribution in [0.2, 0.25) is 0 Å². The summed E-state index contributed by atoms with van der Waals surface area (Å²) < 4.78 is 0. The van der Waals surface area contributed by atoms with Gasteiger partial charge >= 0.3 is 0 Å². The van der Waals surface area contributed by atoms with Crippen molar-refractivity contribution in [1.82, 2.24) is 5.32 Å². The average molecular weight is 262 g/mol. The molecule has 0 unspecified atom stereocenters. The van der Waals surface area contributed by atoms with Crippen LogP contribution in [0.15, 0.2) is 0 Å². The molecule has 104 valence electrons. The maximum absolute atomic E-state index is 5.60. The van der Waals surface area contributed by atoms with E-state index in [9.17, 15) is 0 Å². The summed E-state index contributed by atoms with van der Waals surface area (Å²) in [6.45, 7) is 4.54. The number of unbranched alkanes of at least 4 members (excludes halogenated alkanes) is 9. The fraction of sp³-hybridized carbons (Fsp3) is 1.00. The fourth-order valence-electron chi connectivity index (χ4n) is 2.05. The highest BCUT2D eigenvalue weighted by molar-refractivity contribution is 6.17. The Balaban J connectivity index is 2.85. The minimum absolute atomic E-state index is 0.783. The minimum atomic E-state index is 0.783. The van der Waals surface area contributed by atoms with Gasteiger partial charge in [-0.25, -0.2) is 0 Å². The van der Waals surface area contributed by atoms with Crippen LogP contribution < -0.4 is 5.32 Å². The number of alkyl halides is 1. The van der Waals surface area contributed by atoms with E-state index in [1.807, 2.05) is 0 Å². The Labute approximate surface area is 114 Å². The molecule has 0 saturated carbocycles. The van der Waals surface area contributed by atoms with Crippen LogP contribution in [0.25, 0.3) is 0 Å². The molecule has 0 spiro atoms. The van der Waals surface area contributed by atoms with Crippen molar-refractivity contribution in [2.24, 2.45) is 0 Å². The minimum Gasteiger partial charge on any atom is -0.317 e. The van der Waals surface area contributed by atoms with Crippen LogP contribution in [0.5, 0.6) is 0 Å². The van der Waals surface area contributed by atoms with E-state index >= 15 is 0 Å². The predicted molar refractivity (Wildman–Crippen MR) is 80.1 cm³/mol. The zero-order valence-corrected chi connectivity index (χ0v) is 12.5. The Morgan fingerprint density at radius 3 is 1.65 bits per heavy atom. The first-order chi connectivity index (χ1) is 8.41. The molecule has 0 aromatic carbocycles. The molecule has 1 nitrogen and oxygen atoms in total. The third-order valence-corrected chi connectivity index (χ3v) is 3.46. The number of halogens is 1. The summed E-state index contributed by atoms with van der Waals surface area (Å²) in [7, 11) is 0. The first-order valence-corrected chi connectivity index (χ1v) is 8.22. The number of nitrogens with one attached hydrogen (secondary N) is 1. The first-order valence-electron chi connectivity index (χ1n) is 7.68. The highest BCUT2D eigenvalue weighted by Gasteiger charge is 1.92. The largest absolute Gasteiger partial charge is 0.317 e. The van der Waals surface area contributed by atoms with E-state index in [0.29, 0.717) is 0 Å². The summed E-state index contributed by atoms with van der Waals surface area (Å²) in [4.78, 5) is 0. The van der Waals surface area contributed by atoms with Crippen LogP contribution in [0, 0.1) is 0 Å². The molecule has 0 atom stereocenters. The summed E-state index contributed by atoms with van der Waals surface area (Å²) in [5, 5.41) is 3.43. The molecule has 0 rings (SSSR count). The molecule has 0 heterocycles. The molecule has 0 amide bonds. The number of rotatable bonds is 14. The van der Waals surface area contributed by atoms with E-state index in [-0.39, 0.29) is 0 Å². The van der Waals surface area contributed by atoms with Crippen molar-refractivity contribution in [3.8, 4) is 0 Å². The number of hydrogen-bond acceptors (Lipinski definition) is 1. The maximum Gasteiger partial charge on any atom is 0.0235 e. The lowest BCUT2D eigenvalue weighted by Gasteiger charge is -2.04. The first kappa shape index (κ1) is 17.2. The van der Waals surface area contributed by atoms with E-state index in [4.69, 9.17) is 11.6 Å². The Morgan fingerprint density at radius 2 is 1.12 bits per heavy atom. The van der Waals surface area contributed by atoms with Crippen LogP contribution >= 0.6 is 11.6 Å². The topological polar surface area (TPSA) is 12.0 Å². The lowest BCUT2D eigenvalue weighted by molar-refractivity contribution is 0.543. The van der Waals surface area contributed by atoms with Gasteiger partial charge in [-0.1, -0.05) is 64.7 Å². The smallest absolute Gasteiger partial charge is 0.0235 e. The average Bonchev–Trinajstić information content (AvgIpc) is 2.35. The standard InChI is InChI=1S/C15H32ClN/c1-2-3-4-5-6-7-8-9-10-11-14-17-15-12-13-16/h17H,2-15H2,1H3. The molecule has 0 aliphatic rings. The van der Waals surface area contributed by atoms with Crippen molar-refractivity contribution >= 4 is 11.6 Å². The molecule has 0 fully saturated rings. The van der Waals surface area contributed by atoms with Gasteiger partial charge in [-0.15, -0.1) is 11.6 Å². The van der Waals surface area contributed by atoms with Gasteiger partial charge in [0.2, 0.25) is 0 Å². The van der Waals surface area contributed by atoms with Crippen molar-refractivity contribution in [3.63, 3.8) is 0 Å². The highest BCUT2D eigenvalue weighted by atomic mass is 35.5. The second-order valence-corrected chi connectivity index (χ2v) is 5.35. The van der Waals surface area contributed by atoms with Gasteiger partial charge in [0, 0.05) is 5.88 Å². The van der Waals surface area contributed by atoms with Crippen molar-refractivity contribution in [3.05, 3.63) is 0 Å². The second-order valence-electron chi connectivity index (χ2n) is 4.97. The fourth-order valence-corrected chi connectivity index (χ4v) is 2.19. The Bertz CT molecular complexity index is 114. The molecular weight excluding hydrogens is 230 g/mol. The van der Waals surface area contributed by atoms with E-state index in [1.165, 1.54) is 70.8 Å². The molecule has 17 heavy (non-hydrogen) atoms. The SMILES string of the molecule is CCCCCCCCCCCCNCCCCl. The molecule has 0 aromatic heterocycles. The molecule has 0 aliphatic heterocycles. The Hall–Kier alpha value is 0.250. The van der Waals surface area contributed by atoms with E-state index in [0.717, 1.165) is 18.8 Å². The molecule has 0 aromatic rings. The summed E-state index contributed by atoms with van der Waals surface area (Å²) in [6, 6.07) is 0. The van der Waals surface area contributed by atoms with Gasteiger partial charge in [0.1, 0.15) is 0 Å². The summed E-state index contributed by atoms with van der Waals surface area (Å²) >= 11 is 5.60. The van der Waals surface area contributed by atoms with Crippen molar-refractivity contribution < 1.29 is 0 Å². The van der Waals surface area contributed by atoms with E-state index in [1.54, 1.807) is 0 Å². The zero-order valence-electron chi connectivity index (χ0n) is 11.8. The van der Waals surface area contributed by atoms with Crippen molar-refractivity contribution in [2.45, 2.75) is 77.6 Å². The molecule has 0 aliphatic carbocycles. The van der Waals surface area contributed by atoms with Crippen LogP contribution in [0.4, 0.5) is 0 Å². The van der Waals surface area contributed by atoms with Gasteiger partial charge in [0.25, 0.3) is 0 Å². The van der Waals surface area contributed by atoms with Crippen LogP contribution in [0.3, 0.4) is 0 Å². The van der Waals surface area contributed by atoms with Crippen LogP contribution in [-0.4, -0.2) is 19.0 Å². The zero-order chi connectivity index (χ0) is 12.6. The third-order valence-electron chi connectivity index (χ3n) is 3.19. The predicted octanol–water partition coefficient (Wildman–Crippen LogP) is 5.13.